The number of rotatable bonds is 1. The van der Waals surface area contributed by atoms with Gasteiger partial charge in [0.05, 0.1) is 11.2 Å². The lowest BCUT2D eigenvalue weighted by molar-refractivity contribution is 0.656. The fraction of sp³-hybridized carbons (Fsp3) is 0.636. The molecule has 0 radical (unpaired) electrons. The summed E-state index contributed by atoms with van der Waals surface area (Å²) in [5.74, 6) is 3.10. The Bertz CT molecular complexity index is 413. The third kappa shape index (κ3) is 1.56. The van der Waals surface area contributed by atoms with Gasteiger partial charge in [-0.15, -0.1) is 0 Å². The summed E-state index contributed by atoms with van der Waals surface area (Å²) in [4.78, 5) is 9.23. The average Bonchev–Trinajstić information content (AvgIpc) is 2.98. The van der Waals surface area contributed by atoms with Crippen molar-refractivity contribution in [3.05, 3.63) is 22.8 Å². The summed E-state index contributed by atoms with van der Waals surface area (Å²) in [5, 5.41) is 0. The zero-order valence-electron chi connectivity index (χ0n) is 8.92. The Balaban J connectivity index is 2.08. The maximum Gasteiger partial charge on any atom is 0.148 e. The van der Waals surface area contributed by atoms with Crippen LogP contribution in [0.25, 0.3) is 0 Å². The minimum atomic E-state index is -0.193. The highest BCUT2D eigenvalue weighted by atomic mass is 32.2. The molecule has 4 heteroatoms. The molecule has 0 spiro atoms. The van der Waals surface area contributed by atoms with Crippen LogP contribution in [0, 0.1) is 6.92 Å². The third-order valence-electron chi connectivity index (χ3n) is 3.27. The Labute approximate surface area is 93.9 Å². The predicted molar refractivity (Wildman–Crippen MR) is 61.7 cm³/mol. The molecule has 80 valence electrons. The number of hydrogen-bond donors (Lipinski definition) is 1. The minimum absolute atomic E-state index is 0.193. The van der Waals surface area contributed by atoms with Crippen LogP contribution in [0.3, 0.4) is 0 Å². The van der Waals surface area contributed by atoms with Gasteiger partial charge in [-0.25, -0.2) is 9.97 Å². The van der Waals surface area contributed by atoms with E-state index in [4.69, 9.17) is 5.73 Å². The number of nitrogens with zero attached hydrogens (tertiary/aromatic N) is 2. The number of nitrogens with two attached hydrogens (primary N) is 1. The first kappa shape index (κ1) is 9.60. The molecule has 0 unspecified atom stereocenters. The van der Waals surface area contributed by atoms with E-state index in [1.807, 2.05) is 11.8 Å². The molecule has 0 bridgehead atoms. The van der Waals surface area contributed by atoms with E-state index < -0.39 is 0 Å². The molecular formula is C11H15N3S. The third-order valence-corrected chi connectivity index (χ3v) is 4.24. The molecule has 3 nitrogen and oxygen atoms in total. The number of thioether (sulfide) groups is 1. The molecule has 2 heterocycles. The van der Waals surface area contributed by atoms with Gasteiger partial charge in [-0.2, -0.15) is 11.8 Å². The minimum Gasteiger partial charge on any atom is -0.319 e. The van der Waals surface area contributed by atoms with Gasteiger partial charge in [-0.05, 0) is 37.5 Å². The second-order valence-electron chi connectivity index (χ2n) is 4.52. The second kappa shape index (κ2) is 3.19. The van der Waals surface area contributed by atoms with Crippen LogP contribution in [0.1, 0.15) is 35.6 Å². The van der Waals surface area contributed by atoms with Crippen molar-refractivity contribution in [3.8, 4) is 0 Å². The molecule has 1 saturated carbocycles. The molecule has 3 rings (SSSR count). The van der Waals surface area contributed by atoms with Crippen LogP contribution < -0.4 is 5.73 Å². The Morgan fingerprint density at radius 3 is 2.87 bits per heavy atom. The molecular weight excluding hydrogens is 206 g/mol. The van der Waals surface area contributed by atoms with E-state index in [0.29, 0.717) is 0 Å². The predicted octanol–water partition coefficient (Wildman–Crippen LogP) is 1.52. The van der Waals surface area contributed by atoms with Crippen LogP contribution in [-0.4, -0.2) is 15.7 Å². The lowest BCUT2D eigenvalue weighted by Crippen LogP contribution is -2.24. The summed E-state index contributed by atoms with van der Waals surface area (Å²) < 4.78 is 0. The summed E-state index contributed by atoms with van der Waals surface area (Å²) in [6, 6.07) is 0. The van der Waals surface area contributed by atoms with E-state index in [2.05, 4.69) is 16.9 Å². The van der Waals surface area contributed by atoms with E-state index in [9.17, 15) is 0 Å². The van der Waals surface area contributed by atoms with E-state index >= 15 is 0 Å². The Kier molecular flexibility index (Phi) is 2.04. The first-order chi connectivity index (χ1) is 7.19. The number of aryl methyl sites for hydroxylation is 1. The lowest BCUT2D eigenvalue weighted by Gasteiger charge is -2.19. The van der Waals surface area contributed by atoms with Gasteiger partial charge in [0.15, 0.2) is 0 Å². The Hall–Kier alpha value is -0.610. The quantitative estimate of drug-likeness (QED) is 0.781. The average molecular weight is 221 g/mol. The van der Waals surface area contributed by atoms with Crippen molar-refractivity contribution < 1.29 is 0 Å². The van der Waals surface area contributed by atoms with Crippen LogP contribution >= 0.6 is 11.8 Å². The molecule has 15 heavy (non-hydrogen) atoms. The highest BCUT2D eigenvalue weighted by Gasteiger charge is 2.43. The van der Waals surface area contributed by atoms with Crippen molar-refractivity contribution in [3.63, 3.8) is 0 Å². The molecule has 0 atom stereocenters. The highest BCUT2D eigenvalue weighted by molar-refractivity contribution is 7.98. The van der Waals surface area contributed by atoms with E-state index in [0.717, 1.165) is 36.5 Å². The van der Waals surface area contributed by atoms with Gasteiger partial charge >= 0.3 is 0 Å². The molecule has 1 aromatic rings. The van der Waals surface area contributed by atoms with Crippen molar-refractivity contribution in [2.24, 2.45) is 5.73 Å². The summed E-state index contributed by atoms with van der Waals surface area (Å²) in [5.41, 5.74) is 9.68. The topological polar surface area (TPSA) is 51.8 Å². The fourth-order valence-corrected chi connectivity index (χ4v) is 2.95. The van der Waals surface area contributed by atoms with Crippen molar-refractivity contribution in [1.82, 2.24) is 9.97 Å². The first-order valence-electron chi connectivity index (χ1n) is 5.42. The highest BCUT2D eigenvalue weighted by Crippen LogP contribution is 2.41. The van der Waals surface area contributed by atoms with Gasteiger partial charge < -0.3 is 5.73 Å². The molecule has 0 aromatic carbocycles. The monoisotopic (exact) mass is 221 g/mol. The number of aromatic nitrogens is 2. The summed E-state index contributed by atoms with van der Waals surface area (Å²) >= 11 is 1.95. The van der Waals surface area contributed by atoms with Crippen molar-refractivity contribution in [1.29, 1.82) is 0 Å². The van der Waals surface area contributed by atoms with Gasteiger partial charge in [-0.3, -0.25) is 0 Å². The molecule has 2 aliphatic rings. The first-order valence-corrected chi connectivity index (χ1v) is 6.58. The molecule has 1 aliphatic heterocycles. The standard InChI is InChI=1S/C11H15N3S/c1-7-8-2-5-15-6-9(8)14-10(13-7)11(12)3-4-11/h2-6,12H2,1H3. The van der Waals surface area contributed by atoms with Gasteiger partial charge in [-0.1, -0.05) is 0 Å². The molecule has 1 aromatic heterocycles. The lowest BCUT2D eigenvalue weighted by atomic mass is 10.1. The molecule has 1 aliphatic carbocycles. The van der Waals surface area contributed by atoms with Crippen LogP contribution in [-0.2, 0) is 17.7 Å². The van der Waals surface area contributed by atoms with Crippen molar-refractivity contribution >= 4 is 11.8 Å². The molecule has 0 saturated heterocycles. The Morgan fingerprint density at radius 1 is 1.33 bits per heavy atom. The van der Waals surface area contributed by atoms with Gasteiger partial charge in [0.25, 0.3) is 0 Å². The maximum absolute atomic E-state index is 6.14. The maximum atomic E-state index is 6.14. The van der Waals surface area contributed by atoms with E-state index in [1.54, 1.807) is 0 Å². The number of fused-ring (bicyclic) bond motifs is 1. The van der Waals surface area contributed by atoms with Crippen LogP contribution in [0.4, 0.5) is 0 Å². The zero-order valence-corrected chi connectivity index (χ0v) is 9.73. The van der Waals surface area contributed by atoms with E-state index in [1.165, 1.54) is 17.0 Å². The smallest absolute Gasteiger partial charge is 0.148 e. The number of hydrogen-bond acceptors (Lipinski definition) is 4. The molecule has 1 fully saturated rings. The summed E-state index contributed by atoms with van der Waals surface area (Å²) in [7, 11) is 0. The molecule has 2 N–H and O–H groups in total. The summed E-state index contributed by atoms with van der Waals surface area (Å²) in [6.07, 6.45) is 3.19. The van der Waals surface area contributed by atoms with Gasteiger partial charge in [0, 0.05) is 11.4 Å². The van der Waals surface area contributed by atoms with Crippen molar-refractivity contribution in [2.45, 2.75) is 37.5 Å². The van der Waals surface area contributed by atoms with Crippen molar-refractivity contribution in [2.75, 3.05) is 5.75 Å². The van der Waals surface area contributed by atoms with Gasteiger partial charge in [0.2, 0.25) is 0 Å². The normalized spacial score (nSPS) is 22.3. The van der Waals surface area contributed by atoms with E-state index in [-0.39, 0.29) is 5.54 Å². The Morgan fingerprint density at radius 2 is 2.13 bits per heavy atom. The molecule has 0 amide bonds. The zero-order chi connectivity index (χ0) is 10.5. The van der Waals surface area contributed by atoms with Crippen LogP contribution in [0.5, 0.6) is 0 Å². The van der Waals surface area contributed by atoms with Gasteiger partial charge in [0.1, 0.15) is 5.82 Å². The SMILES string of the molecule is Cc1nc(C2(N)CC2)nc2c1CCSC2. The second-order valence-corrected chi connectivity index (χ2v) is 5.62. The van der Waals surface area contributed by atoms with Crippen LogP contribution in [0.15, 0.2) is 0 Å². The summed E-state index contributed by atoms with van der Waals surface area (Å²) in [6.45, 7) is 2.09. The van der Waals surface area contributed by atoms with Crippen LogP contribution in [0.2, 0.25) is 0 Å². The fourth-order valence-electron chi connectivity index (χ4n) is 2.02. The largest absolute Gasteiger partial charge is 0.319 e.